The van der Waals surface area contributed by atoms with Crippen LogP contribution in [0.2, 0.25) is 0 Å². The summed E-state index contributed by atoms with van der Waals surface area (Å²) in [4.78, 5) is 41.6. The maximum Gasteiger partial charge on any atom is 0.311 e. The number of Topliss-reactive ketones (excluding diaryl/α,β-unsaturated/α-hetero) is 1. The molecule has 23 heavy (non-hydrogen) atoms. The molecule has 0 fully saturated rings. The van der Waals surface area contributed by atoms with Gasteiger partial charge in [0.25, 0.3) is 5.56 Å². The number of halogens is 1. The van der Waals surface area contributed by atoms with Crippen molar-refractivity contribution in [2.45, 2.75) is 11.6 Å². The highest BCUT2D eigenvalue weighted by atomic mass is 79.9. The van der Waals surface area contributed by atoms with E-state index in [9.17, 15) is 14.4 Å². The summed E-state index contributed by atoms with van der Waals surface area (Å²) in [6, 6.07) is 8.25. The molecule has 1 N–H and O–H groups in total. The van der Waals surface area contributed by atoms with Gasteiger partial charge in [-0.05, 0) is 12.1 Å². The zero-order valence-corrected chi connectivity index (χ0v) is 14.6. The van der Waals surface area contributed by atoms with Crippen molar-refractivity contribution in [3.63, 3.8) is 0 Å². The fourth-order valence-electron chi connectivity index (χ4n) is 1.72. The predicted octanol–water partition coefficient (Wildman–Crippen LogP) is 2.22. The lowest BCUT2D eigenvalue weighted by molar-refractivity contribution is -0.139. The van der Waals surface area contributed by atoms with E-state index >= 15 is 0 Å². The molecular weight excluding hydrogens is 384 g/mol. The Morgan fingerprint density at radius 2 is 2.00 bits per heavy atom. The lowest BCUT2D eigenvalue weighted by atomic mass is 10.2. The molecule has 0 spiro atoms. The molecule has 0 atom stereocenters. The molecule has 1 aromatic carbocycles. The maximum absolute atomic E-state index is 12.1. The number of methoxy groups -OCH3 is 1. The Morgan fingerprint density at radius 3 is 2.65 bits per heavy atom. The molecule has 0 radical (unpaired) electrons. The quantitative estimate of drug-likeness (QED) is 0.348. The molecule has 1 heterocycles. The molecule has 6 nitrogen and oxygen atoms in total. The van der Waals surface area contributed by atoms with Gasteiger partial charge in [0, 0.05) is 16.1 Å². The third-order valence-electron chi connectivity index (χ3n) is 2.83. The van der Waals surface area contributed by atoms with E-state index in [1.54, 1.807) is 24.3 Å². The molecule has 1 aromatic heterocycles. The molecule has 0 bridgehead atoms. The number of nitrogens with zero attached hydrogens (tertiary/aromatic N) is 1. The van der Waals surface area contributed by atoms with E-state index in [1.807, 2.05) is 0 Å². The second-order valence-corrected chi connectivity index (χ2v) is 6.39. The first-order valence-electron chi connectivity index (χ1n) is 6.56. The number of aromatic nitrogens is 2. The molecule has 0 amide bonds. The van der Waals surface area contributed by atoms with Gasteiger partial charge in [0.1, 0.15) is 0 Å². The van der Waals surface area contributed by atoms with Gasteiger partial charge in [0.15, 0.2) is 10.9 Å². The third kappa shape index (κ3) is 5.33. The number of H-pyrrole nitrogens is 1. The second kappa shape index (κ2) is 8.07. The number of carbonyl (C=O) groups excluding carboxylic acids is 2. The summed E-state index contributed by atoms with van der Waals surface area (Å²) in [5.41, 5.74) is 0.505. The number of ether oxygens (including phenoxy) is 1. The van der Waals surface area contributed by atoms with Crippen LogP contribution in [0.1, 0.15) is 16.1 Å². The van der Waals surface area contributed by atoms with E-state index in [2.05, 4.69) is 30.6 Å². The Hall–Kier alpha value is -1.93. The summed E-state index contributed by atoms with van der Waals surface area (Å²) in [6.07, 6.45) is -0.0887. The standard InChI is InChI=1S/C15H13BrN2O4S/c1-22-14(21)7-11-6-13(20)18-15(17-11)23-8-12(19)9-2-4-10(16)5-3-9/h2-6H,7-8H2,1H3,(H,17,18,20). The number of aromatic amines is 1. The summed E-state index contributed by atoms with van der Waals surface area (Å²) in [7, 11) is 1.27. The van der Waals surface area contributed by atoms with Crippen molar-refractivity contribution in [2.24, 2.45) is 0 Å². The molecule has 0 aliphatic heterocycles. The van der Waals surface area contributed by atoms with E-state index in [-0.39, 0.29) is 23.5 Å². The van der Waals surface area contributed by atoms with Crippen molar-refractivity contribution >= 4 is 39.4 Å². The topological polar surface area (TPSA) is 89.1 Å². The first-order valence-corrected chi connectivity index (χ1v) is 8.34. The minimum Gasteiger partial charge on any atom is -0.469 e. The van der Waals surface area contributed by atoms with Gasteiger partial charge in [-0.2, -0.15) is 0 Å². The van der Waals surface area contributed by atoms with Crippen LogP contribution in [0.3, 0.4) is 0 Å². The summed E-state index contributed by atoms with van der Waals surface area (Å²) in [5.74, 6) is -0.430. The van der Waals surface area contributed by atoms with Gasteiger partial charge in [-0.25, -0.2) is 4.98 Å². The number of nitrogens with one attached hydrogen (secondary N) is 1. The number of ketones is 1. The molecule has 0 unspecified atom stereocenters. The van der Waals surface area contributed by atoms with Gasteiger partial charge in [0.2, 0.25) is 0 Å². The Balaban J connectivity index is 2.05. The van der Waals surface area contributed by atoms with Crippen LogP contribution < -0.4 is 5.56 Å². The molecular formula is C15H13BrN2O4S. The summed E-state index contributed by atoms with van der Waals surface area (Å²) < 4.78 is 5.44. The normalized spacial score (nSPS) is 10.3. The minimum atomic E-state index is -0.481. The van der Waals surface area contributed by atoms with Gasteiger partial charge in [-0.15, -0.1) is 0 Å². The zero-order valence-electron chi connectivity index (χ0n) is 12.2. The molecule has 0 saturated carbocycles. The van der Waals surface area contributed by atoms with Crippen molar-refractivity contribution in [3.8, 4) is 0 Å². The number of hydrogen-bond donors (Lipinski definition) is 1. The zero-order chi connectivity index (χ0) is 16.8. The number of benzene rings is 1. The van der Waals surface area contributed by atoms with Crippen LogP contribution in [0.15, 0.2) is 44.8 Å². The van der Waals surface area contributed by atoms with Crippen LogP contribution in [0, 0.1) is 0 Å². The summed E-state index contributed by atoms with van der Waals surface area (Å²) >= 11 is 4.42. The average Bonchev–Trinajstić information content (AvgIpc) is 2.52. The number of thioether (sulfide) groups is 1. The highest BCUT2D eigenvalue weighted by Gasteiger charge is 2.10. The minimum absolute atomic E-state index is 0.0801. The highest BCUT2D eigenvalue weighted by Crippen LogP contribution is 2.16. The molecule has 2 aromatic rings. The lowest BCUT2D eigenvalue weighted by Gasteiger charge is -2.04. The van der Waals surface area contributed by atoms with Crippen molar-refractivity contribution in [1.82, 2.24) is 9.97 Å². The van der Waals surface area contributed by atoms with Crippen LogP contribution in [0.25, 0.3) is 0 Å². The van der Waals surface area contributed by atoms with Crippen LogP contribution in [-0.4, -0.2) is 34.6 Å². The van der Waals surface area contributed by atoms with E-state index < -0.39 is 5.97 Å². The van der Waals surface area contributed by atoms with Crippen molar-refractivity contribution in [1.29, 1.82) is 0 Å². The van der Waals surface area contributed by atoms with Crippen molar-refractivity contribution in [3.05, 3.63) is 56.4 Å². The van der Waals surface area contributed by atoms with Gasteiger partial charge >= 0.3 is 5.97 Å². The fraction of sp³-hybridized carbons (Fsp3) is 0.200. The van der Waals surface area contributed by atoms with Crippen molar-refractivity contribution in [2.75, 3.05) is 12.9 Å². The maximum atomic E-state index is 12.1. The third-order valence-corrected chi connectivity index (χ3v) is 4.23. The Labute approximate surface area is 144 Å². The molecule has 2 rings (SSSR count). The Bertz CT molecular complexity index is 774. The number of esters is 1. The first kappa shape index (κ1) is 17.4. The highest BCUT2D eigenvalue weighted by molar-refractivity contribution is 9.10. The van der Waals surface area contributed by atoms with Crippen molar-refractivity contribution < 1.29 is 14.3 Å². The first-order chi connectivity index (χ1) is 11.0. The summed E-state index contributed by atoms with van der Waals surface area (Å²) in [6.45, 7) is 0. The molecule has 120 valence electrons. The lowest BCUT2D eigenvalue weighted by Crippen LogP contribution is -2.14. The van der Waals surface area contributed by atoms with E-state index in [1.165, 1.54) is 13.2 Å². The van der Waals surface area contributed by atoms with Crippen LogP contribution in [0.4, 0.5) is 0 Å². The van der Waals surface area contributed by atoms with Gasteiger partial charge in [-0.1, -0.05) is 39.8 Å². The monoisotopic (exact) mass is 396 g/mol. The van der Waals surface area contributed by atoms with Crippen LogP contribution in [0.5, 0.6) is 0 Å². The molecule has 0 aliphatic carbocycles. The molecule has 0 saturated heterocycles. The van der Waals surface area contributed by atoms with E-state index in [0.29, 0.717) is 16.4 Å². The Kier molecular flexibility index (Phi) is 6.12. The predicted molar refractivity (Wildman–Crippen MR) is 89.8 cm³/mol. The largest absolute Gasteiger partial charge is 0.469 e. The SMILES string of the molecule is COC(=O)Cc1cc(=O)[nH]c(SCC(=O)c2ccc(Br)cc2)n1. The molecule has 0 aliphatic rings. The van der Waals surface area contributed by atoms with Gasteiger partial charge in [-0.3, -0.25) is 14.4 Å². The van der Waals surface area contributed by atoms with E-state index in [0.717, 1.165) is 16.2 Å². The summed E-state index contributed by atoms with van der Waals surface area (Å²) in [5, 5.41) is 0.293. The number of hydrogen-bond acceptors (Lipinski definition) is 6. The van der Waals surface area contributed by atoms with Gasteiger partial charge in [0.05, 0.1) is 25.0 Å². The number of carbonyl (C=O) groups is 2. The fourth-order valence-corrected chi connectivity index (χ4v) is 2.77. The number of rotatable bonds is 6. The smallest absolute Gasteiger partial charge is 0.311 e. The molecule has 8 heteroatoms. The van der Waals surface area contributed by atoms with Crippen LogP contribution in [-0.2, 0) is 16.0 Å². The van der Waals surface area contributed by atoms with E-state index in [4.69, 9.17) is 0 Å². The Morgan fingerprint density at radius 1 is 1.30 bits per heavy atom. The van der Waals surface area contributed by atoms with Gasteiger partial charge < -0.3 is 9.72 Å². The van der Waals surface area contributed by atoms with Crippen LogP contribution >= 0.6 is 27.7 Å². The average molecular weight is 397 g/mol. The second-order valence-electron chi connectivity index (χ2n) is 4.51.